The number of piperidine rings is 1. The fraction of sp³-hybridized carbons (Fsp3) is 0.333. The van der Waals surface area contributed by atoms with E-state index >= 15 is 0 Å². The largest absolute Gasteiger partial charge is 0.496 e. The second kappa shape index (κ2) is 12.8. The van der Waals surface area contributed by atoms with Gasteiger partial charge in [0.2, 0.25) is 0 Å². The third kappa shape index (κ3) is 6.54. The van der Waals surface area contributed by atoms with E-state index in [1.807, 2.05) is 67.9 Å². The Hall–Kier alpha value is -4.10. The van der Waals surface area contributed by atoms with Crippen molar-refractivity contribution < 1.29 is 19.1 Å². The van der Waals surface area contributed by atoms with Crippen LogP contribution in [0.1, 0.15) is 59.6 Å². The third-order valence-electron chi connectivity index (χ3n) is 7.85. The summed E-state index contributed by atoms with van der Waals surface area (Å²) in [6.45, 7) is 5.71. The lowest BCUT2D eigenvalue weighted by Gasteiger charge is -2.34. The molecule has 1 aliphatic carbocycles. The highest BCUT2D eigenvalue weighted by Gasteiger charge is 2.25. The molecule has 208 valence electrons. The molecule has 1 unspecified atom stereocenters. The van der Waals surface area contributed by atoms with E-state index in [2.05, 4.69) is 21.2 Å². The number of nitrogens with zero attached hydrogens (tertiary/aromatic N) is 2. The molecule has 1 fully saturated rings. The minimum absolute atomic E-state index is 0.0524. The van der Waals surface area contributed by atoms with Crippen molar-refractivity contribution >= 4 is 11.7 Å². The van der Waals surface area contributed by atoms with Crippen molar-refractivity contribution in [1.29, 1.82) is 0 Å². The van der Waals surface area contributed by atoms with Gasteiger partial charge in [-0.3, -0.25) is 9.59 Å². The Morgan fingerprint density at radius 1 is 1.10 bits per heavy atom. The van der Waals surface area contributed by atoms with Gasteiger partial charge >= 0.3 is 0 Å². The van der Waals surface area contributed by atoms with Crippen LogP contribution < -0.4 is 10.1 Å². The fourth-order valence-corrected chi connectivity index (χ4v) is 5.61. The highest BCUT2D eigenvalue weighted by atomic mass is 16.5. The van der Waals surface area contributed by atoms with Gasteiger partial charge in [0.05, 0.1) is 13.2 Å². The zero-order valence-corrected chi connectivity index (χ0v) is 23.2. The maximum Gasteiger partial charge on any atom is 0.252 e. The number of para-hydroxylation sites is 1. The number of hydrogen-bond donors (Lipinski definition) is 1. The van der Waals surface area contributed by atoms with Crippen LogP contribution in [0.25, 0.3) is 0 Å². The van der Waals surface area contributed by atoms with Gasteiger partial charge in [-0.2, -0.15) is 0 Å². The number of likely N-dealkylation sites (tertiary alicyclic amines) is 1. The highest BCUT2D eigenvalue weighted by molar-refractivity contribution is 5.96. The number of rotatable bonds is 9. The first-order valence-electron chi connectivity index (χ1n) is 14.0. The number of ketones is 1. The summed E-state index contributed by atoms with van der Waals surface area (Å²) in [6, 6.07) is 15.6. The molecule has 0 radical (unpaired) electrons. The first-order chi connectivity index (χ1) is 19.5. The zero-order chi connectivity index (χ0) is 27.9. The van der Waals surface area contributed by atoms with Crippen LogP contribution in [0.15, 0.2) is 96.8 Å². The Morgan fingerprint density at radius 2 is 1.88 bits per heavy atom. The molecule has 3 aliphatic rings. The molecule has 0 saturated carbocycles. The first kappa shape index (κ1) is 27.5. The number of allylic oxidation sites excluding steroid dienone is 4. The molecule has 0 bridgehead atoms. The Labute approximate surface area is 236 Å². The quantitative estimate of drug-likeness (QED) is 0.456. The average Bonchev–Trinajstić information content (AvgIpc) is 3.00. The predicted molar refractivity (Wildman–Crippen MR) is 156 cm³/mol. The highest BCUT2D eigenvalue weighted by Crippen LogP contribution is 2.31. The normalized spacial score (nSPS) is 18.6. The SMILES string of the molecule is COc1ccccc1C(C)NC(=O)c1ccccc1C1CCN(CCN2C=COC(C3=CC=CC(=O)C3)=C2)CC1. The molecule has 2 aromatic rings. The summed E-state index contributed by atoms with van der Waals surface area (Å²) in [5, 5.41) is 3.18. The fourth-order valence-electron chi connectivity index (χ4n) is 5.61. The van der Waals surface area contributed by atoms with Gasteiger partial charge in [0, 0.05) is 48.6 Å². The predicted octanol–water partition coefficient (Wildman–Crippen LogP) is 5.47. The first-order valence-corrected chi connectivity index (χ1v) is 14.0. The smallest absolute Gasteiger partial charge is 0.252 e. The van der Waals surface area contributed by atoms with Gasteiger partial charge in [0.1, 0.15) is 17.8 Å². The molecule has 1 N–H and O–H groups in total. The molecule has 2 aliphatic heterocycles. The monoisotopic (exact) mass is 539 g/mol. The molecule has 1 saturated heterocycles. The van der Waals surface area contributed by atoms with E-state index in [1.54, 1.807) is 25.5 Å². The number of amides is 1. The topological polar surface area (TPSA) is 71.1 Å². The van der Waals surface area contributed by atoms with Gasteiger partial charge in [0.25, 0.3) is 5.91 Å². The molecule has 7 nitrogen and oxygen atoms in total. The lowest BCUT2D eigenvalue weighted by atomic mass is 9.86. The third-order valence-corrected chi connectivity index (χ3v) is 7.85. The molecule has 2 heterocycles. The number of methoxy groups -OCH3 is 1. The van der Waals surface area contributed by atoms with Crippen LogP contribution in [-0.2, 0) is 9.53 Å². The molecule has 40 heavy (non-hydrogen) atoms. The molecule has 0 spiro atoms. The summed E-state index contributed by atoms with van der Waals surface area (Å²) in [4.78, 5) is 29.7. The zero-order valence-electron chi connectivity index (χ0n) is 23.2. The summed E-state index contributed by atoms with van der Waals surface area (Å²) in [5.74, 6) is 1.89. The van der Waals surface area contributed by atoms with E-state index < -0.39 is 0 Å². The molecule has 1 atom stereocenters. The van der Waals surface area contributed by atoms with Crippen LogP contribution >= 0.6 is 0 Å². The summed E-state index contributed by atoms with van der Waals surface area (Å²) in [7, 11) is 1.65. The summed E-state index contributed by atoms with van der Waals surface area (Å²) in [5.41, 5.74) is 3.74. The van der Waals surface area contributed by atoms with E-state index in [-0.39, 0.29) is 17.7 Å². The molecule has 0 aromatic heterocycles. The number of ether oxygens (including phenoxy) is 2. The number of nitrogens with one attached hydrogen (secondary N) is 1. The van der Waals surface area contributed by atoms with Crippen molar-refractivity contribution in [3.8, 4) is 5.75 Å². The van der Waals surface area contributed by atoms with Gasteiger partial charge < -0.3 is 24.6 Å². The minimum Gasteiger partial charge on any atom is -0.496 e. The van der Waals surface area contributed by atoms with Crippen LogP contribution in [0, 0.1) is 0 Å². The van der Waals surface area contributed by atoms with Crippen LogP contribution in [0.5, 0.6) is 5.75 Å². The van der Waals surface area contributed by atoms with Gasteiger partial charge in [-0.15, -0.1) is 0 Å². The van der Waals surface area contributed by atoms with Crippen LogP contribution in [-0.4, -0.2) is 54.8 Å². The van der Waals surface area contributed by atoms with Crippen molar-refractivity contribution in [3.63, 3.8) is 0 Å². The molecule has 2 aromatic carbocycles. The Bertz CT molecular complexity index is 1350. The molecular weight excluding hydrogens is 502 g/mol. The van der Waals surface area contributed by atoms with Crippen LogP contribution in [0.2, 0.25) is 0 Å². The van der Waals surface area contributed by atoms with E-state index in [4.69, 9.17) is 9.47 Å². The van der Waals surface area contributed by atoms with E-state index in [0.29, 0.717) is 12.3 Å². The minimum atomic E-state index is -0.172. The Balaban J connectivity index is 1.15. The molecule has 1 amide bonds. The summed E-state index contributed by atoms with van der Waals surface area (Å²) >= 11 is 0. The molecular formula is C33H37N3O4. The number of carbonyl (C=O) groups is 2. The number of benzene rings is 2. The van der Waals surface area contributed by atoms with Crippen molar-refractivity contribution in [1.82, 2.24) is 15.1 Å². The maximum atomic E-state index is 13.4. The Morgan fingerprint density at radius 3 is 2.67 bits per heavy atom. The van der Waals surface area contributed by atoms with Gasteiger partial charge in [-0.1, -0.05) is 48.6 Å². The standard InChI is InChI=1S/C33H37N3O4/c1-24(28-10-5-6-13-31(28)39-2)34-33(38)30-12-4-3-11-29(30)25-14-16-35(17-15-25)18-19-36-20-21-40-32(23-36)26-8-7-9-27(37)22-26/h3-13,20-21,23-25H,14-19,22H2,1-2H3,(H,34,38). The van der Waals surface area contributed by atoms with Crippen LogP contribution in [0.3, 0.4) is 0 Å². The van der Waals surface area contributed by atoms with Gasteiger partial charge in [-0.05, 0) is 62.5 Å². The van der Waals surface area contributed by atoms with Crippen LogP contribution in [0.4, 0.5) is 0 Å². The van der Waals surface area contributed by atoms with E-state index in [0.717, 1.165) is 72.8 Å². The number of hydrogen-bond acceptors (Lipinski definition) is 6. The second-order valence-electron chi connectivity index (χ2n) is 10.5. The summed E-state index contributed by atoms with van der Waals surface area (Å²) in [6.07, 6.45) is 13.3. The van der Waals surface area contributed by atoms with E-state index in [9.17, 15) is 9.59 Å². The summed E-state index contributed by atoms with van der Waals surface area (Å²) < 4.78 is 11.2. The van der Waals surface area contributed by atoms with Gasteiger partial charge in [0.15, 0.2) is 5.78 Å². The van der Waals surface area contributed by atoms with Crippen molar-refractivity contribution in [3.05, 3.63) is 113 Å². The van der Waals surface area contributed by atoms with Crippen molar-refractivity contribution in [2.45, 2.75) is 38.1 Å². The molecule has 7 heteroatoms. The van der Waals surface area contributed by atoms with Crippen molar-refractivity contribution in [2.75, 3.05) is 33.3 Å². The maximum absolute atomic E-state index is 13.4. The lowest BCUT2D eigenvalue weighted by molar-refractivity contribution is -0.114. The van der Waals surface area contributed by atoms with Crippen molar-refractivity contribution in [2.24, 2.45) is 0 Å². The average molecular weight is 540 g/mol. The van der Waals surface area contributed by atoms with Gasteiger partial charge in [-0.25, -0.2) is 0 Å². The Kier molecular flexibility index (Phi) is 8.81. The number of carbonyl (C=O) groups excluding carboxylic acids is 2. The second-order valence-corrected chi connectivity index (χ2v) is 10.5. The molecule has 5 rings (SSSR count). The lowest BCUT2D eigenvalue weighted by Crippen LogP contribution is -2.38. The van der Waals surface area contributed by atoms with E-state index in [1.165, 1.54) is 0 Å².